The molecule has 8 heteroatoms. The van der Waals surface area contributed by atoms with Gasteiger partial charge in [0.2, 0.25) is 17.1 Å². The average molecular weight is 399 g/mol. The lowest BCUT2D eigenvalue weighted by Crippen LogP contribution is -2.25. The van der Waals surface area contributed by atoms with Crippen LogP contribution in [0.2, 0.25) is 0 Å². The van der Waals surface area contributed by atoms with Crippen molar-refractivity contribution in [2.45, 2.75) is 25.8 Å². The molecule has 29 heavy (non-hydrogen) atoms. The molecule has 8 nitrogen and oxygen atoms in total. The van der Waals surface area contributed by atoms with Gasteiger partial charge in [0.05, 0.1) is 25.8 Å². The monoisotopic (exact) mass is 399 g/mol. The topological polar surface area (TPSA) is 122 Å². The van der Waals surface area contributed by atoms with E-state index in [0.29, 0.717) is 17.1 Å². The summed E-state index contributed by atoms with van der Waals surface area (Å²) in [6, 6.07) is 9.13. The molecule has 3 aromatic rings. The SMILES string of the molecule is COc1cc([C@@H](CC(=O)NCc2ccco2)c2oc(C)cc(=O)c2O)ccc1O. The lowest BCUT2D eigenvalue weighted by atomic mass is 9.91. The summed E-state index contributed by atoms with van der Waals surface area (Å²) < 4.78 is 15.9. The van der Waals surface area contributed by atoms with Gasteiger partial charge in [-0.05, 0) is 36.8 Å². The highest BCUT2D eigenvalue weighted by molar-refractivity contribution is 5.77. The van der Waals surface area contributed by atoms with Crippen LogP contribution in [-0.2, 0) is 11.3 Å². The van der Waals surface area contributed by atoms with Gasteiger partial charge in [0.25, 0.3) is 0 Å². The molecule has 1 amide bonds. The van der Waals surface area contributed by atoms with Crippen LogP contribution >= 0.6 is 0 Å². The zero-order chi connectivity index (χ0) is 21.0. The number of aryl methyl sites for hydroxylation is 1. The molecule has 1 aromatic carbocycles. The Balaban J connectivity index is 1.95. The van der Waals surface area contributed by atoms with Gasteiger partial charge in [0, 0.05) is 12.5 Å². The third kappa shape index (κ3) is 4.60. The van der Waals surface area contributed by atoms with Crippen LogP contribution in [0.3, 0.4) is 0 Å². The predicted octanol–water partition coefficient (Wildman–Crippen LogP) is 2.80. The highest BCUT2D eigenvalue weighted by Gasteiger charge is 2.26. The Morgan fingerprint density at radius 2 is 2.03 bits per heavy atom. The molecule has 0 bridgehead atoms. The van der Waals surface area contributed by atoms with Gasteiger partial charge >= 0.3 is 0 Å². The van der Waals surface area contributed by atoms with Crippen molar-refractivity contribution < 1.29 is 28.6 Å². The summed E-state index contributed by atoms with van der Waals surface area (Å²) >= 11 is 0. The molecule has 0 aliphatic heterocycles. The Bertz CT molecular complexity index is 1050. The first-order valence-corrected chi connectivity index (χ1v) is 8.88. The van der Waals surface area contributed by atoms with Crippen LogP contribution in [0.5, 0.6) is 17.2 Å². The number of aromatic hydroxyl groups is 2. The van der Waals surface area contributed by atoms with Crippen molar-refractivity contribution in [3.05, 3.63) is 75.7 Å². The van der Waals surface area contributed by atoms with Crippen LogP contribution in [0.15, 0.2) is 56.3 Å². The number of hydrogen-bond acceptors (Lipinski definition) is 7. The molecule has 0 fully saturated rings. The van der Waals surface area contributed by atoms with E-state index < -0.39 is 17.1 Å². The summed E-state index contributed by atoms with van der Waals surface area (Å²) in [5, 5.41) is 22.9. The van der Waals surface area contributed by atoms with Gasteiger partial charge in [-0.1, -0.05) is 6.07 Å². The Labute approximate surface area is 166 Å². The maximum Gasteiger partial charge on any atom is 0.227 e. The van der Waals surface area contributed by atoms with E-state index in [1.165, 1.54) is 31.6 Å². The molecular weight excluding hydrogens is 378 g/mol. The number of phenolic OH excluding ortho intramolecular Hbond substituents is 1. The Hall–Kier alpha value is -3.68. The van der Waals surface area contributed by atoms with Crippen molar-refractivity contribution in [2.75, 3.05) is 7.11 Å². The van der Waals surface area contributed by atoms with Crippen LogP contribution in [0.1, 0.15) is 35.2 Å². The molecule has 3 rings (SSSR count). The number of benzene rings is 1. The fourth-order valence-corrected chi connectivity index (χ4v) is 2.99. The zero-order valence-corrected chi connectivity index (χ0v) is 16.0. The number of carbonyl (C=O) groups is 1. The molecule has 0 unspecified atom stereocenters. The van der Waals surface area contributed by atoms with Crippen molar-refractivity contribution in [1.29, 1.82) is 0 Å². The molecule has 0 saturated carbocycles. The van der Waals surface area contributed by atoms with E-state index >= 15 is 0 Å². The number of phenols is 1. The van der Waals surface area contributed by atoms with Crippen molar-refractivity contribution in [2.24, 2.45) is 0 Å². The standard InChI is InChI=1S/C21H21NO7/c1-12-8-17(24)20(26)21(29-12)15(13-5-6-16(23)18(9-13)27-2)10-19(25)22-11-14-4-3-7-28-14/h3-9,15,23,26H,10-11H2,1-2H3,(H,22,25)/t15-/m1/s1. The number of hydrogen-bond donors (Lipinski definition) is 3. The van der Waals surface area contributed by atoms with Crippen LogP contribution in [0, 0.1) is 6.92 Å². The second-order valence-electron chi connectivity index (χ2n) is 6.48. The molecule has 0 radical (unpaired) electrons. The number of methoxy groups -OCH3 is 1. The van der Waals surface area contributed by atoms with Gasteiger partial charge in [-0.2, -0.15) is 0 Å². The van der Waals surface area contributed by atoms with Gasteiger partial charge < -0.3 is 29.1 Å². The number of nitrogens with one attached hydrogen (secondary N) is 1. The van der Waals surface area contributed by atoms with Crippen molar-refractivity contribution in [1.82, 2.24) is 5.32 Å². The molecule has 0 aliphatic rings. The fourth-order valence-electron chi connectivity index (χ4n) is 2.99. The fraction of sp³-hybridized carbons (Fsp3) is 0.238. The van der Waals surface area contributed by atoms with Crippen molar-refractivity contribution in [3.63, 3.8) is 0 Å². The first-order chi connectivity index (χ1) is 13.9. The summed E-state index contributed by atoms with van der Waals surface area (Å²) in [5.74, 6) is -0.719. The highest BCUT2D eigenvalue weighted by Crippen LogP contribution is 2.37. The molecule has 2 heterocycles. The first-order valence-electron chi connectivity index (χ1n) is 8.88. The zero-order valence-electron chi connectivity index (χ0n) is 16.0. The number of ether oxygens (including phenoxy) is 1. The maximum absolute atomic E-state index is 12.6. The molecule has 2 aromatic heterocycles. The summed E-state index contributed by atoms with van der Waals surface area (Å²) in [7, 11) is 1.40. The lowest BCUT2D eigenvalue weighted by Gasteiger charge is -2.18. The minimum Gasteiger partial charge on any atom is -0.504 e. The van der Waals surface area contributed by atoms with Gasteiger partial charge in [-0.15, -0.1) is 0 Å². The molecule has 0 saturated heterocycles. The van der Waals surface area contributed by atoms with Crippen LogP contribution < -0.4 is 15.5 Å². The average Bonchev–Trinajstić information content (AvgIpc) is 3.21. The van der Waals surface area contributed by atoms with E-state index in [2.05, 4.69) is 5.32 Å². The van der Waals surface area contributed by atoms with Crippen LogP contribution in [0.4, 0.5) is 0 Å². The largest absolute Gasteiger partial charge is 0.504 e. The predicted molar refractivity (Wildman–Crippen MR) is 103 cm³/mol. The molecular formula is C21H21NO7. The second-order valence-corrected chi connectivity index (χ2v) is 6.48. The number of carbonyl (C=O) groups excluding carboxylic acids is 1. The Morgan fingerprint density at radius 1 is 1.24 bits per heavy atom. The summed E-state index contributed by atoms with van der Waals surface area (Å²) in [6.07, 6.45) is 1.39. The minimum atomic E-state index is -0.784. The molecule has 0 spiro atoms. The van der Waals surface area contributed by atoms with Crippen molar-refractivity contribution in [3.8, 4) is 17.2 Å². The van der Waals surface area contributed by atoms with E-state index in [1.807, 2.05) is 0 Å². The summed E-state index contributed by atoms with van der Waals surface area (Å²) in [4.78, 5) is 24.6. The van der Waals surface area contributed by atoms with Gasteiger partial charge in [-0.25, -0.2) is 0 Å². The number of amides is 1. The molecule has 1 atom stereocenters. The molecule has 152 valence electrons. The Morgan fingerprint density at radius 3 is 2.72 bits per heavy atom. The third-order valence-corrected chi connectivity index (χ3v) is 4.42. The van der Waals surface area contributed by atoms with Gasteiger partial charge in [0.15, 0.2) is 17.3 Å². The number of rotatable bonds is 7. The smallest absolute Gasteiger partial charge is 0.227 e. The van der Waals surface area contributed by atoms with E-state index in [-0.39, 0.29) is 36.1 Å². The Kier molecular flexibility index (Phi) is 5.92. The maximum atomic E-state index is 12.6. The minimum absolute atomic E-state index is 0.0316. The summed E-state index contributed by atoms with van der Waals surface area (Å²) in [5.41, 5.74) is -0.0765. The molecule has 3 N–H and O–H groups in total. The molecule has 0 aliphatic carbocycles. The lowest BCUT2D eigenvalue weighted by molar-refractivity contribution is -0.121. The second kappa shape index (κ2) is 8.55. The number of furan rings is 1. The van der Waals surface area contributed by atoms with E-state index in [9.17, 15) is 19.8 Å². The highest BCUT2D eigenvalue weighted by atomic mass is 16.5. The van der Waals surface area contributed by atoms with E-state index in [0.717, 1.165) is 0 Å². The first kappa shape index (κ1) is 20.1. The quantitative estimate of drug-likeness (QED) is 0.558. The normalized spacial score (nSPS) is 11.8. The van der Waals surface area contributed by atoms with Gasteiger partial charge in [-0.3, -0.25) is 9.59 Å². The van der Waals surface area contributed by atoms with Crippen LogP contribution in [-0.4, -0.2) is 23.2 Å². The summed E-state index contributed by atoms with van der Waals surface area (Å²) in [6.45, 7) is 1.77. The van der Waals surface area contributed by atoms with Crippen LogP contribution in [0.25, 0.3) is 0 Å². The van der Waals surface area contributed by atoms with E-state index in [4.69, 9.17) is 13.6 Å². The van der Waals surface area contributed by atoms with E-state index in [1.54, 1.807) is 25.1 Å². The van der Waals surface area contributed by atoms with Gasteiger partial charge in [0.1, 0.15) is 11.5 Å². The third-order valence-electron chi connectivity index (χ3n) is 4.42. The van der Waals surface area contributed by atoms with Crippen molar-refractivity contribution >= 4 is 5.91 Å².